The lowest BCUT2D eigenvalue weighted by molar-refractivity contribution is -0.131. The van der Waals surface area contributed by atoms with Gasteiger partial charge in [0.1, 0.15) is 18.1 Å². The third-order valence-corrected chi connectivity index (χ3v) is 2.75. The van der Waals surface area contributed by atoms with Gasteiger partial charge in [-0.15, -0.1) is 0 Å². The van der Waals surface area contributed by atoms with E-state index in [9.17, 15) is 4.79 Å². The highest BCUT2D eigenvalue weighted by atomic mass is 16.5. The summed E-state index contributed by atoms with van der Waals surface area (Å²) in [7, 11) is 0. The molecule has 104 valence electrons. The largest absolute Gasteiger partial charge is 0.489 e. The molecule has 20 heavy (non-hydrogen) atoms. The van der Waals surface area contributed by atoms with Gasteiger partial charge in [0.2, 0.25) is 0 Å². The molecule has 0 amide bonds. The van der Waals surface area contributed by atoms with E-state index in [1.54, 1.807) is 18.2 Å². The average molecular weight is 271 g/mol. The Balaban J connectivity index is 2.09. The second kappa shape index (κ2) is 6.73. The molecule has 4 nitrogen and oxygen atoms in total. The molecule has 2 aromatic carbocycles. The fraction of sp³-hybridized carbons (Fsp3) is 0.188. The van der Waals surface area contributed by atoms with Gasteiger partial charge in [-0.1, -0.05) is 30.3 Å². The van der Waals surface area contributed by atoms with Crippen LogP contribution in [0.25, 0.3) is 0 Å². The molecule has 0 aromatic heterocycles. The maximum Gasteiger partial charge on any atom is 0.308 e. The first-order chi connectivity index (χ1) is 9.69. The zero-order valence-electron chi connectivity index (χ0n) is 11.3. The smallest absolute Gasteiger partial charge is 0.308 e. The van der Waals surface area contributed by atoms with Crippen molar-refractivity contribution in [3.8, 4) is 11.5 Å². The van der Waals surface area contributed by atoms with Crippen LogP contribution >= 0.6 is 0 Å². The minimum atomic E-state index is -0.356. The van der Waals surface area contributed by atoms with E-state index in [0.717, 1.165) is 11.1 Å². The van der Waals surface area contributed by atoms with Crippen LogP contribution in [0.1, 0.15) is 18.1 Å². The molecular formula is C16H17NO3. The van der Waals surface area contributed by atoms with Crippen molar-refractivity contribution < 1.29 is 14.3 Å². The molecule has 0 atom stereocenters. The Kier molecular flexibility index (Phi) is 4.74. The van der Waals surface area contributed by atoms with Crippen LogP contribution in [0.5, 0.6) is 11.5 Å². The summed E-state index contributed by atoms with van der Waals surface area (Å²) in [6.45, 7) is 2.15. The highest BCUT2D eigenvalue weighted by Crippen LogP contribution is 2.25. The van der Waals surface area contributed by atoms with Gasteiger partial charge in [-0.3, -0.25) is 4.79 Å². The lowest BCUT2D eigenvalue weighted by atomic mass is 10.2. The Labute approximate surface area is 118 Å². The van der Waals surface area contributed by atoms with Gasteiger partial charge >= 0.3 is 5.97 Å². The molecule has 0 saturated heterocycles. The highest BCUT2D eigenvalue weighted by molar-refractivity contribution is 5.69. The fourth-order valence-corrected chi connectivity index (χ4v) is 1.82. The van der Waals surface area contributed by atoms with Gasteiger partial charge in [0.15, 0.2) is 0 Å². The van der Waals surface area contributed by atoms with Gasteiger partial charge in [0, 0.05) is 19.0 Å². The lowest BCUT2D eigenvalue weighted by Gasteiger charge is -2.12. The number of nitrogens with two attached hydrogens (primary N) is 1. The average Bonchev–Trinajstić information content (AvgIpc) is 2.46. The summed E-state index contributed by atoms with van der Waals surface area (Å²) >= 11 is 0. The zero-order chi connectivity index (χ0) is 14.4. The van der Waals surface area contributed by atoms with E-state index in [4.69, 9.17) is 15.2 Å². The van der Waals surface area contributed by atoms with Crippen molar-refractivity contribution in [1.82, 2.24) is 0 Å². The summed E-state index contributed by atoms with van der Waals surface area (Å²) in [4.78, 5) is 10.9. The predicted octanol–water partition coefficient (Wildman–Crippen LogP) is 2.65. The second-order valence-corrected chi connectivity index (χ2v) is 4.34. The predicted molar refractivity (Wildman–Crippen MR) is 76.4 cm³/mol. The third kappa shape index (κ3) is 3.83. The van der Waals surface area contributed by atoms with Gasteiger partial charge in [-0.05, 0) is 23.8 Å². The van der Waals surface area contributed by atoms with Crippen molar-refractivity contribution in [3.05, 3.63) is 59.7 Å². The Morgan fingerprint density at radius 1 is 1.15 bits per heavy atom. The van der Waals surface area contributed by atoms with E-state index in [1.807, 2.05) is 30.3 Å². The van der Waals surface area contributed by atoms with Crippen LogP contribution in [-0.4, -0.2) is 5.97 Å². The van der Waals surface area contributed by atoms with Crippen molar-refractivity contribution in [3.63, 3.8) is 0 Å². The molecular weight excluding hydrogens is 254 g/mol. The SMILES string of the molecule is CC(=O)Oc1ccc(OCc2ccccc2)c(CN)c1. The topological polar surface area (TPSA) is 61.5 Å². The number of ether oxygens (including phenoxy) is 2. The van der Waals surface area contributed by atoms with Gasteiger partial charge in [-0.2, -0.15) is 0 Å². The summed E-state index contributed by atoms with van der Waals surface area (Å²) in [5.74, 6) is 0.822. The molecule has 0 unspecified atom stereocenters. The summed E-state index contributed by atoms with van der Waals surface area (Å²) < 4.78 is 10.8. The summed E-state index contributed by atoms with van der Waals surface area (Å²) in [5, 5.41) is 0. The van der Waals surface area contributed by atoms with E-state index in [2.05, 4.69) is 0 Å². The van der Waals surface area contributed by atoms with E-state index in [0.29, 0.717) is 24.7 Å². The standard InChI is InChI=1S/C16H17NO3/c1-12(18)20-15-7-8-16(14(9-15)10-17)19-11-13-5-3-2-4-6-13/h2-9H,10-11,17H2,1H3. The van der Waals surface area contributed by atoms with Gasteiger partial charge in [-0.25, -0.2) is 0 Å². The van der Waals surface area contributed by atoms with Crippen LogP contribution in [-0.2, 0) is 17.9 Å². The second-order valence-electron chi connectivity index (χ2n) is 4.34. The van der Waals surface area contributed by atoms with Crippen molar-refractivity contribution in [2.75, 3.05) is 0 Å². The van der Waals surface area contributed by atoms with E-state index in [-0.39, 0.29) is 5.97 Å². The molecule has 0 saturated carbocycles. The molecule has 2 N–H and O–H groups in total. The molecule has 2 aromatic rings. The van der Waals surface area contributed by atoms with E-state index < -0.39 is 0 Å². The molecule has 4 heteroatoms. The van der Waals surface area contributed by atoms with Crippen molar-refractivity contribution in [1.29, 1.82) is 0 Å². The molecule has 0 spiro atoms. The maximum absolute atomic E-state index is 10.9. The third-order valence-electron chi connectivity index (χ3n) is 2.75. The van der Waals surface area contributed by atoms with E-state index >= 15 is 0 Å². The quantitative estimate of drug-likeness (QED) is 0.671. The number of benzene rings is 2. The minimum absolute atomic E-state index is 0.319. The molecule has 0 fully saturated rings. The first kappa shape index (κ1) is 14.1. The van der Waals surface area contributed by atoms with Crippen LogP contribution in [0.4, 0.5) is 0 Å². The Hall–Kier alpha value is -2.33. The van der Waals surface area contributed by atoms with Crippen molar-refractivity contribution >= 4 is 5.97 Å². The van der Waals surface area contributed by atoms with Gasteiger partial charge in [0.25, 0.3) is 0 Å². The molecule has 0 aliphatic rings. The summed E-state index contributed by atoms with van der Waals surface area (Å²) in [6, 6.07) is 15.1. The Morgan fingerprint density at radius 3 is 2.55 bits per heavy atom. The molecule has 0 bridgehead atoms. The fourth-order valence-electron chi connectivity index (χ4n) is 1.82. The Bertz CT molecular complexity index is 582. The number of esters is 1. The van der Waals surface area contributed by atoms with Crippen LogP contribution in [0.3, 0.4) is 0 Å². The Morgan fingerprint density at radius 2 is 1.90 bits per heavy atom. The summed E-state index contributed by atoms with van der Waals surface area (Å²) in [5.41, 5.74) is 7.59. The van der Waals surface area contributed by atoms with E-state index in [1.165, 1.54) is 6.92 Å². The maximum atomic E-state index is 10.9. The van der Waals surface area contributed by atoms with Crippen LogP contribution in [0.2, 0.25) is 0 Å². The normalized spacial score (nSPS) is 10.1. The molecule has 2 rings (SSSR count). The first-order valence-electron chi connectivity index (χ1n) is 6.37. The summed E-state index contributed by atoms with van der Waals surface area (Å²) in [6.07, 6.45) is 0. The lowest BCUT2D eigenvalue weighted by Crippen LogP contribution is -2.05. The zero-order valence-corrected chi connectivity index (χ0v) is 11.3. The highest BCUT2D eigenvalue weighted by Gasteiger charge is 2.06. The van der Waals surface area contributed by atoms with Crippen LogP contribution in [0, 0.1) is 0 Å². The number of rotatable bonds is 5. The molecule has 0 aliphatic carbocycles. The first-order valence-corrected chi connectivity index (χ1v) is 6.37. The number of carbonyl (C=O) groups excluding carboxylic acids is 1. The van der Waals surface area contributed by atoms with Crippen molar-refractivity contribution in [2.45, 2.75) is 20.1 Å². The molecule has 0 heterocycles. The van der Waals surface area contributed by atoms with Crippen LogP contribution < -0.4 is 15.2 Å². The van der Waals surface area contributed by atoms with Gasteiger partial charge in [0.05, 0.1) is 0 Å². The van der Waals surface area contributed by atoms with Crippen LogP contribution in [0.15, 0.2) is 48.5 Å². The number of hydrogen-bond acceptors (Lipinski definition) is 4. The molecule has 0 radical (unpaired) electrons. The minimum Gasteiger partial charge on any atom is -0.489 e. The molecule has 0 aliphatic heterocycles. The number of hydrogen-bond donors (Lipinski definition) is 1. The van der Waals surface area contributed by atoms with Crippen molar-refractivity contribution in [2.24, 2.45) is 5.73 Å². The monoisotopic (exact) mass is 271 g/mol. The van der Waals surface area contributed by atoms with Gasteiger partial charge < -0.3 is 15.2 Å². The number of carbonyl (C=O) groups is 1.